The van der Waals surface area contributed by atoms with Crippen LogP contribution in [0.3, 0.4) is 0 Å². The minimum Gasteiger partial charge on any atom is -0.147 e. The van der Waals surface area contributed by atoms with Gasteiger partial charge in [0.05, 0.1) is 0 Å². The van der Waals surface area contributed by atoms with E-state index in [-0.39, 0.29) is 30.4 Å². The summed E-state index contributed by atoms with van der Waals surface area (Å²) in [5, 5.41) is 7.26. The monoisotopic (exact) mass is 705 g/mol. The van der Waals surface area contributed by atoms with E-state index in [1.54, 1.807) is 0 Å². The van der Waals surface area contributed by atoms with Crippen LogP contribution in [0.25, 0.3) is 11.1 Å². The van der Waals surface area contributed by atoms with Crippen LogP contribution in [0.1, 0.15) is 51.2 Å². The zero-order valence-corrected chi connectivity index (χ0v) is 30.2. The van der Waals surface area contributed by atoms with Gasteiger partial charge in [0.15, 0.2) is 0 Å². The van der Waals surface area contributed by atoms with E-state index >= 15 is 0 Å². The van der Waals surface area contributed by atoms with Crippen molar-refractivity contribution in [1.82, 2.24) is 3.80 Å². The van der Waals surface area contributed by atoms with E-state index in [0.29, 0.717) is 20.1 Å². The minimum atomic E-state index is -5.22. The predicted octanol–water partition coefficient (Wildman–Crippen LogP) is 11.2. The first kappa shape index (κ1) is 34.8. The van der Waals surface area contributed by atoms with Crippen molar-refractivity contribution in [1.29, 1.82) is 0 Å². The molecule has 5 rings (SSSR count). The molecule has 3 aliphatic carbocycles. The SMILES string of the molecule is CC(C)(C)[NH][Ti]([CH3])([CH3])([C]1=CC=CC1)([c]1ccc(Cl)c(Cl)c1C1=CC=CC1)[c]1ccc(Cl)c(Cl)c1C1=CC=CC1.Cl.Cl. The Bertz CT molecular complexity index is 1510. The Labute approximate surface area is 276 Å². The Balaban J connectivity index is 0.00000231. The molecule has 0 aliphatic heterocycles. The second kappa shape index (κ2) is 11.7. The van der Waals surface area contributed by atoms with Crippen molar-refractivity contribution in [3.05, 3.63) is 114 Å². The molecule has 41 heavy (non-hydrogen) atoms. The van der Waals surface area contributed by atoms with E-state index in [2.05, 4.69) is 102 Å². The molecule has 0 fully saturated rings. The van der Waals surface area contributed by atoms with Gasteiger partial charge >= 0.3 is 253 Å². The third-order valence-corrected chi connectivity index (χ3v) is 24.4. The van der Waals surface area contributed by atoms with Gasteiger partial charge in [-0.3, -0.25) is 0 Å². The summed E-state index contributed by atoms with van der Waals surface area (Å²) < 4.78 is 8.17. The Morgan fingerprint density at radius 2 is 1.05 bits per heavy atom. The summed E-state index contributed by atoms with van der Waals surface area (Å²) in [5.41, 5.74) is 4.10. The van der Waals surface area contributed by atoms with Gasteiger partial charge in [-0.25, -0.2) is 0 Å². The summed E-state index contributed by atoms with van der Waals surface area (Å²) in [5.74, 6) is 0. The molecule has 0 atom stereocenters. The summed E-state index contributed by atoms with van der Waals surface area (Å²) in [6.45, 7) is 6.73. The maximum atomic E-state index is 7.20. The Kier molecular flexibility index (Phi) is 9.89. The zero-order chi connectivity index (χ0) is 28.3. The van der Waals surface area contributed by atoms with Crippen molar-refractivity contribution in [2.75, 3.05) is 0 Å². The van der Waals surface area contributed by atoms with E-state index in [9.17, 15) is 0 Å². The summed E-state index contributed by atoms with van der Waals surface area (Å²) in [4.78, 5) is 0. The molecule has 220 valence electrons. The van der Waals surface area contributed by atoms with Gasteiger partial charge in [0, 0.05) is 0 Å². The van der Waals surface area contributed by atoms with Crippen LogP contribution in [0.2, 0.25) is 30.5 Å². The van der Waals surface area contributed by atoms with Crippen molar-refractivity contribution < 1.29 is 14.3 Å². The van der Waals surface area contributed by atoms with Gasteiger partial charge in [0.25, 0.3) is 0 Å². The fourth-order valence-corrected chi connectivity index (χ4v) is 23.1. The molecule has 0 heterocycles. The zero-order valence-electron chi connectivity index (χ0n) is 24.0. The molecule has 0 radical (unpaired) electrons. The van der Waals surface area contributed by atoms with Crippen molar-refractivity contribution in [3.8, 4) is 0 Å². The fourth-order valence-electron chi connectivity index (χ4n) is 7.57. The molecule has 0 unspecified atom stereocenters. The first-order valence-electron chi connectivity index (χ1n) is 13.5. The van der Waals surface area contributed by atoms with Crippen LogP contribution in [-0.4, -0.2) is 5.54 Å². The average Bonchev–Trinajstić information content (AvgIpc) is 3.64. The topological polar surface area (TPSA) is 12.0 Å². The van der Waals surface area contributed by atoms with Gasteiger partial charge in [0.1, 0.15) is 0 Å². The molecule has 0 saturated carbocycles. The molecule has 3 aliphatic rings. The molecular formula is C33H37Cl6NTi. The Hall–Kier alpha value is -0.706. The summed E-state index contributed by atoms with van der Waals surface area (Å²) in [6.07, 6.45) is 22.0. The van der Waals surface area contributed by atoms with Gasteiger partial charge in [-0.05, 0) is 0 Å². The van der Waals surface area contributed by atoms with Crippen LogP contribution in [0.5, 0.6) is 0 Å². The summed E-state index contributed by atoms with van der Waals surface area (Å²) >= 11 is 22.7. The van der Waals surface area contributed by atoms with Gasteiger partial charge < -0.3 is 0 Å². The van der Waals surface area contributed by atoms with Crippen LogP contribution in [0.15, 0.2) is 82.8 Å². The van der Waals surface area contributed by atoms with E-state index in [1.165, 1.54) is 22.8 Å². The van der Waals surface area contributed by atoms with Crippen LogP contribution >= 0.6 is 71.2 Å². The van der Waals surface area contributed by atoms with Crippen molar-refractivity contribution in [2.45, 2.75) is 56.0 Å². The third-order valence-electron chi connectivity index (χ3n) is 8.97. The minimum absolute atomic E-state index is 0. The number of rotatable bonds is 6. The number of hydrogen-bond acceptors (Lipinski definition) is 1. The number of hydrogen-bond donors (Lipinski definition) is 1. The van der Waals surface area contributed by atoms with Crippen LogP contribution in [0.4, 0.5) is 0 Å². The van der Waals surface area contributed by atoms with Crippen molar-refractivity contribution >= 4 is 90.1 Å². The number of halogens is 6. The number of allylic oxidation sites excluding steroid dienone is 12. The maximum absolute atomic E-state index is 7.20. The molecule has 2 aromatic carbocycles. The van der Waals surface area contributed by atoms with E-state index in [0.717, 1.165) is 30.4 Å². The van der Waals surface area contributed by atoms with Crippen LogP contribution < -0.4 is 11.5 Å². The Morgan fingerprint density at radius 1 is 0.634 bits per heavy atom. The van der Waals surface area contributed by atoms with Crippen molar-refractivity contribution in [2.24, 2.45) is 0 Å². The van der Waals surface area contributed by atoms with Crippen LogP contribution in [-0.2, 0) is 14.3 Å². The molecule has 0 aromatic heterocycles. The molecule has 2 aromatic rings. The maximum Gasteiger partial charge on any atom is -0.147 e. The first-order valence-corrected chi connectivity index (χ1v) is 21.2. The van der Waals surface area contributed by atoms with Gasteiger partial charge in [-0.15, -0.1) is 24.8 Å². The van der Waals surface area contributed by atoms with Crippen LogP contribution in [0, 0.1) is 0 Å². The molecule has 1 N–H and O–H groups in total. The molecule has 0 saturated heterocycles. The predicted molar refractivity (Wildman–Crippen MR) is 187 cm³/mol. The van der Waals surface area contributed by atoms with Crippen molar-refractivity contribution in [3.63, 3.8) is 0 Å². The smallest absolute Gasteiger partial charge is 0.147 e. The van der Waals surface area contributed by atoms with Gasteiger partial charge in [0.2, 0.25) is 0 Å². The summed E-state index contributed by atoms with van der Waals surface area (Å²) in [7, 11) is 0. The molecule has 8 heteroatoms. The van der Waals surface area contributed by atoms with Gasteiger partial charge in [-0.2, -0.15) is 0 Å². The molecule has 0 bridgehead atoms. The average molecular weight is 708 g/mol. The normalized spacial score (nSPS) is 17.8. The van der Waals surface area contributed by atoms with Gasteiger partial charge in [-0.1, -0.05) is 0 Å². The van der Waals surface area contributed by atoms with E-state index in [1.807, 2.05) is 12.1 Å². The Morgan fingerprint density at radius 3 is 1.39 bits per heavy atom. The van der Waals surface area contributed by atoms with E-state index in [4.69, 9.17) is 46.4 Å². The molecule has 0 spiro atoms. The first-order chi connectivity index (χ1) is 18.2. The number of benzene rings is 2. The van der Waals surface area contributed by atoms with E-state index < -0.39 is 14.3 Å². The largest absolute Gasteiger partial charge is 0.147 e. The third kappa shape index (κ3) is 5.43. The number of nitrogens with one attached hydrogen (secondary N) is 1. The standard InChI is InChI=1S/2C11H7Cl2.C5H5.C4H10N.2CH3.2ClH.Ti/c2*12-10-7-3-6-9(11(10)13)8-4-1-2-5-8;1-2-4-5-3-1;1-4(2,3)5;;;;;/h2*1-4,7H,5H2;1-3H,4H2;5H,1-3H3;2*1H3;2*1H;/q;;;-1;;;;;+1. The quantitative estimate of drug-likeness (QED) is 0.295. The summed E-state index contributed by atoms with van der Waals surface area (Å²) in [6, 6.07) is 8.36. The molecular weight excluding hydrogens is 671 g/mol. The molecule has 0 amide bonds. The second-order valence-corrected chi connectivity index (χ2v) is 28.0. The fraction of sp³-hybridized carbons (Fsp3) is 0.273. The molecule has 1 nitrogen and oxygen atoms in total. The second-order valence-electron chi connectivity index (χ2n) is 13.2.